The molecule has 1 aliphatic carbocycles. The third-order valence-electron chi connectivity index (χ3n) is 4.42. The van der Waals surface area contributed by atoms with E-state index in [-0.39, 0.29) is 13.0 Å². The Labute approximate surface area is 136 Å². The molecule has 1 fully saturated rings. The van der Waals surface area contributed by atoms with Gasteiger partial charge in [-0.05, 0) is 31.4 Å². The van der Waals surface area contributed by atoms with Crippen molar-refractivity contribution >= 4 is 0 Å². The van der Waals surface area contributed by atoms with Gasteiger partial charge in [0.2, 0.25) is 5.82 Å². The highest BCUT2D eigenvalue weighted by molar-refractivity contribution is 5.56. The molecule has 1 saturated carbocycles. The zero-order valence-corrected chi connectivity index (χ0v) is 13.0. The number of nitrogens with zero attached hydrogens (tertiary/aromatic N) is 5. The van der Waals surface area contributed by atoms with Crippen molar-refractivity contribution in [3.8, 4) is 23.2 Å². The minimum atomic E-state index is -2.67. The largest absolute Gasteiger partial charge is 0.461 e. The number of aromatic amines is 1. The predicted octanol–water partition coefficient (Wildman–Crippen LogP) is 3.07. The summed E-state index contributed by atoms with van der Waals surface area (Å²) in [5, 5.41) is 10.8. The smallest absolute Gasteiger partial charge is 0.252 e. The van der Waals surface area contributed by atoms with Crippen LogP contribution >= 0.6 is 0 Å². The van der Waals surface area contributed by atoms with Gasteiger partial charge >= 0.3 is 0 Å². The van der Waals surface area contributed by atoms with E-state index in [0.717, 1.165) is 5.56 Å². The van der Waals surface area contributed by atoms with Gasteiger partial charge in [0.15, 0.2) is 17.4 Å². The number of nitrogens with one attached hydrogen (secondary N) is 1. The van der Waals surface area contributed by atoms with Gasteiger partial charge in [0.05, 0.1) is 12.8 Å². The van der Waals surface area contributed by atoms with Gasteiger partial charge in [-0.25, -0.2) is 23.4 Å². The number of furan rings is 1. The van der Waals surface area contributed by atoms with Crippen molar-refractivity contribution in [2.24, 2.45) is 5.92 Å². The summed E-state index contributed by atoms with van der Waals surface area (Å²) in [4.78, 5) is 8.45. The number of aromatic nitrogens is 6. The summed E-state index contributed by atoms with van der Waals surface area (Å²) in [6.07, 6.45) is 3.81. The molecule has 1 atom stereocenters. The maximum Gasteiger partial charge on any atom is 0.252 e. The predicted molar refractivity (Wildman–Crippen MR) is 80.1 cm³/mol. The summed E-state index contributed by atoms with van der Waals surface area (Å²) in [6.45, 7) is 1.96. The van der Waals surface area contributed by atoms with E-state index in [2.05, 4.69) is 25.3 Å². The molecule has 0 radical (unpaired) electrons. The van der Waals surface area contributed by atoms with Gasteiger partial charge in [0.1, 0.15) is 6.33 Å². The van der Waals surface area contributed by atoms with Gasteiger partial charge in [-0.1, -0.05) is 0 Å². The second-order valence-electron chi connectivity index (χ2n) is 6.06. The average molecular weight is 334 g/mol. The molecule has 0 bridgehead atoms. The third-order valence-corrected chi connectivity index (χ3v) is 4.42. The molecule has 0 amide bonds. The molecule has 0 aliphatic heterocycles. The Balaban J connectivity index is 1.75. The molecule has 24 heavy (non-hydrogen) atoms. The van der Waals surface area contributed by atoms with Gasteiger partial charge in [0, 0.05) is 12.3 Å². The molecule has 1 aliphatic rings. The Morgan fingerprint density at radius 2 is 2.33 bits per heavy atom. The fraction of sp³-hybridized carbons (Fsp3) is 0.467. The van der Waals surface area contributed by atoms with E-state index in [1.165, 1.54) is 11.0 Å². The minimum absolute atomic E-state index is 0.0730. The summed E-state index contributed by atoms with van der Waals surface area (Å²) >= 11 is 0. The highest BCUT2D eigenvalue weighted by atomic mass is 19.3. The van der Waals surface area contributed by atoms with Gasteiger partial charge in [-0.2, -0.15) is 5.10 Å². The molecule has 0 saturated heterocycles. The molecule has 0 spiro atoms. The monoisotopic (exact) mass is 334 g/mol. The van der Waals surface area contributed by atoms with Crippen molar-refractivity contribution in [1.29, 1.82) is 0 Å². The van der Waals surface area contributed by atoms with E-state index in [1.807, 2.05) is 6.92 Å². The Morgan fingerprint density at radius 3 is 2.96 bits per heavy atom. The first kappa shape index (κ1) is 15.0. The zero-order chi connectivity index (χ0) is 16.7. The van der Waals surface area contributed by atoms with Gasteiger partial charge < -0.3 is 4.42 Å². The van der Waals surface area contributed by atoms with Crippen LogP contribution in [0.3, 0.4) is 0 Å². The van der Waals surface area contributed by atoms with Crippen LogP contribution in [0.4, 0.5) is 8.78 Å². The van der Waals surface area contributed by atoms with Crippen LogP contribution in [0.25, 0.3) is 23.2 Å². The van der Waals surface area contributed by atoms with Crippen molar-refractivity contribution in [2.75, 3.05) is 0 Å². The van der Waals surface area contributed by atoms with Crippen LogP contribution in [0.15, 0.2) is 23.1 Å². The molecule has 3 aromatic rings. The fourth-order valence-electron chi connectivity index (χ4n) is 3.09. The average Bonchev–Trinajstić information content (AvgIpc) is 3.28. The number of alkyl halides is 2. The first-order valence-corrected chi connectivity index (χ1v) is 7.77. The maximum absolute atomic E-state index is 14.0. The zero-order valence-electron chi connectivity index (χ0n) is 13.0. The molecule has 3 heterocycles. The van der Waals surface area contributed by atoms with Crippen LogP contribution in [-0.2, 0) is 6.54 Å². The molecule has 4 rings (SSSR count). The van der Waals surface area contributed by atoms with Crippen LogP contribution < -0.4 is 0 Å². The lowest BCUT2D eigenvalue weighted by atomic mass is 10.1. The fourth-order valence-corrected chi connectivity index (χ4v) is 3.09. The SMILES string of the molecule is Cc1ccoc1-c1nc(-c2ncn[nH]2)nn1CC1CCCC1(F)F. The second-order valence-corrected chi connectivity index (χ2v) is 6.06. The molecular weight excluding hydrogens is 318 g/mol. The Morgan fingerprint density at radius 1 is 1.46 bits per heavy atom. The number of H-pyrrole nitrogens is 1. The van der Waals surface area contributed by atoms with Gasteiger partial charge in [-0.15, -0.1) is 5.10 Å². The lowest BCUT2D eigenvalue weighted by Gasteiger charge is -2.19. The molecule has 0 aromatic carbocycles. The van der Waals surface area contributed by atoms with Crippen molar-refractivity contribution < 1.29 is 13.2 Å². The number of aryl methyl sites for hydroxylation is 1. The van der Waals surface area contributed by atoms with Crippen molar-refractivity contribution in [3.63, 3.8) is 0 Å². The Hall–Kier alpha value is -2.58. The van der Waals surface area contributed by atoms with Crippen LogP contribution in [0.5, 0.6) is 0 Å². The topological polar surface area (TPSA) is 85.4 Å². The number of hydrogen-bond acceptors (Lipinski definition) is 5. The maximum atomic E-state index is 14.0. The highest BCUT2D eigenvalue weighted by Crippen LogP contribution is 2.41. The molecule has 1 N–H and O–H groups in total. The first-order valence-electron chi connectivity index (χ1n) is 7.77. The minimum Gasteiger partial charge on any atom is -0.461 e. The molecule has 3 aromatic heterocycles. The van der Waals surface area contributed by atoms with Crippen molar-refractivity contribution in [3.05, 3.63) is 24.2 Å². The third kappa shape index (κ3) is 2.49. The van der Waals surface area contributed by atoms with Crippen LogP contribution in [-0.4, -0.2) is 35.9 Å². The second kappa shape index (κ2) is 5.50. The van der Waals surface area contributed by atoms with E-state index in [0.29, 0.717) is 36.1 Å². The summed E-state index contributed by atoms with van der Waals surface area (Å²) in [5.41, 5.74) is 0.867. The lowest BCUT2D eigenvalue weighted by Crippen LogP contribution is -2.26. The molecule has 1 unspecified atom stereocenters. The van der Waals surface area contributed by atoms with E-state index in [4.69, 9.17) is 4.42 Å². The number of rotatable bonds is 4. The standard InChI is InChI=1S/C15H16F2N6O/c1-9-4-6-24-11(9)14-20-13(12-18-8-19-21-12)22-23(14)7-10-3-2-5-15(10,16)17/h4,6,8,10H,2-3,5,7H2,1H3,(H,18,19,21). The van der Waals surface area contributed by atoms with Crippen LogP contribution in [0.2, 0.25) is 0 Å². The molecule has 7 nitrogen and oxygen atoms in total. The summed E-state index contributed by atoms with van der Waals surface area (Å²) in [7, 11) is 0. The van der Waals surface area contributed by atoms with Crippen LogP contribution in [0.1, 0.15) is 24.8 Å². The van der Waals surface area contributed by atoms with Gasteiger partial charge in [-0.3, -0.25) is 5.10 Å². The lowest BCUT2D eigenvalue weighted by molar-refractivity contribution is -0.0431. The molecule has 126 valence electrons. The summed E-state index contributed by atoms with van der Waals surface area (Å²) < 4.78 is 35.0. The van der Waals surface area contributed by atoms with E-state index >= 15 is 0 Å². The van der Waals surface area contributed by atoms with Crippen LogP contribution in [0, 0.1) is 12.8 Å². The number of hydrogen-bond donors (Lipinski definition) is 1. The van der Waals surface area contributed by atoms with E-state index in [9.17, 15) is 8.78 Å². The number of halogens is 2. The summed E-state index contributed by atoms with van der Waals surface area (Å²) in [5.74, 6) is -1.79. The normalized spacial score (nSPS) is 19.9. The first-order chi connectivity index (χ1) is 11.5. The Kier molecular flexibility index (Phi) is 3.43. The molecule has 9 heteroatoms. The molecular formula is C15H16F2N6O. The van der Waals surface area contributed by atoms with E-state index in [1.54, 1.807) is 12.3 Å². The van der Waals surface area contributed by atoms with E-state index < -0.39 is 11.8 Å². The van der Waals surface area contributed by atoms with Gasteiger partial charge in [0.25, 0.3) is 5.92 Å². The quantitative estimate of drug-likeness (QED) is 0.792. The van der Waals surface area contributed by atoms with Crippen molar-refractivity contribution in [2.45, 2.75) is 38.7 Å². The van der Waals surface area contributed by atoms with Crippen molar-refractivity contribution in [1.82, 2.24) is 29.9 Å². The highest BCUT2D eigenvalue weighted by Gasteiger charge is 2.44. The summed E-state index contributed by atoms with van der Waals surface area (Å²) in [6, 6.07) is 1.80. The Bertz CT molecular complexity index is 838.